The SMILES string of the molecule is CC1=NN(c2cc(S(=O)(=O)O)ccc2Cl)C(=O)C1N=Nc1ccc(S(=O)(=O)O)cc1.[NaH].[NaH]. The van der Waals surface area contributed by atoms with Gasteiger partial charge in [-0.25, -0.2) is 0 Å². The fraction of sp³-hybridized carbons (Fsp3) is 0.125. The van der Waals surface area contributed by atoms with Crippen molar-refractivity contribution in [1.29, 1.82) is 0 Å². The van der Waals surface area contributed by atoms with Gasteiger partial charge in [0.05, 0.1) is 31.9 Å². The first-order chi connectivity index (χ1) is 13.9. The summed E-state index contributed by atoms with van der Waals surface area (Å²) < 4.78 is 63.0. The summed E-state index contributed by atoms with van der Waals surface area (Å²) >= 11 is 6.05. The molecule has 11 nitrogen and oxygen atoms in total. The van der Waals surface area contributed by atoms with Gasteiger partial charge in [0.2, 0.25) is 0 Å². The molecule has 0 aromatic heterocycles. The van der Waals surface area contributed by atoms with Crippen molar-refractivity contribution in [3.05, 3.63) is 47.5 Å². The second-order valence-electron chi connectivity index (χ2n) is 6.07. The van der Waals surface area contributed by atoms with Gasteiger partial charge in [0.1, 0.15) is 0 Å². The predicted octanol–water partition coefficient (Wildman–Crippen LogP) is 1.41. The molecule has 0 saturated heterocycles. The fourth-order valence-electron chi connectivity index (χ4n) is 2.49. The van der Waals surface area contributed by atoms with Crippen LogP contribution in [-0.4, -0.2) is 103 Å². The van der Waals surface area contributed by atoms with Crippen molar-refractivity contribution in [3.63, 3.8) is 0 Å². The number of carbonyl (C=O) groups excluding carboxylic acids is 1. The van der Waals surface area contributed by atoms with Crippen LogP contribution in [0, 0.1) is 0 Å². The number of rotatable bonds is 5. The standard InChI is InChI=1S/C16H13ClN4O7S2.2Na.2H/c1-9-15(19-18-10-2-4-11(5-3-10)29(23,24)25)16(22)21(20-9)14-8-12(30(26,27)28)6-7-13(14)17;;;;/h2-8,15H,1H3,(H,23,24,25)(H,26,27,28);;;;. The average Bonchev–Trinajstić information content (AvgIpc) is 2.93. The van der Waals surface area contributed by atoms with E-state index in [0.29, 0.717) is 0 Å². The van der Waals surface area contributed by atoms with Crippen molar-refractivity contribution in [2.45, 2.75) is 22.8 Å². The monoisotopic (exact) mass is 520 g/mol. The zero-order valence-electron chi connectivity index (χ0n) is 15.0. The zero-order chi connectivity index (χ0) is 22.3. The van der Waals surface area contributed by atoms with Crippen LogP contribution in [0.2, 0.25) is 5.02 Å². The van der Waals surface area contributed by atoms with Crippen LogP contribution in [0.1, 0.15) is 6.92 Å². The molecule has 3 rings (SSSR count). The molecule has 0 bridgehead atoms. The molecular weight excluding hydrogens is 506 g/mol. The van der Waals surface area contributed by atoms with E-state index in [0.717, 1.165) is 29.3 Å². The Bertz CT molecular complexity index is 1300. The third kappa shape index (κ3) is 6.67. The number of hydrogen-bond donors (Lipinski definition) is 2. The molecule has 32 heavy (non-hydrogen) atoms. The first-order valence-corrected chi connectivity index (χ1v) is 11.3. The molecule has 1 atom stereocenters. The molecule has 1 aliphatic rings. The van der Waals surface area contributed by atoms with Gasteiger partial charge in [0.25, 0.3) is 26.1 Å². The van der Waals surface area contributed by atoms with Crippen LogP contribution < -0.4 is 5.01 Å². The zero-order valence-corrected chi connectivity index (χ0v) is 17.4. The van der Waals surface area contributed by atoms with E-state index in [1.807, 2.05) is 0 Å². The van der Waals surface area contributed by atoms with Gasteiger partial charge in [-0.05, 0) is 49.4 Å². The summed E-state index contributed by atoms with van der Waals surface area (Å²) in [5.74, 6) is -0.666. The summed E-state index contributed by atoms with van der Waals surface area (Å²) in [4.78, 5) is 11.9. The molecule has 0 radical (unpaired) electrons. The summed E-state index contributed by atoms with van der Waals surface area (Å²) in [7, 11) is -8.87. The number of anilines is 1. The molecule has 1 unspecified atom stereocenters. The van der Waals surface area contributed by atoms with E-state index < -0.39 is 37.1 Å². The number of amides is 1. The minimum atomic E-state index is -4.52. The van der Waals surface area contributed by atoms with Gasteiger partial charge < -0.3 is 0 Å². The van der Waals surface area contributed by atoms with Gasteiger partial charge in [-0.15, -0.1) is 0 Å². The summed E-state index contributed by atoms with van der Waals surface area (Å²) in [5.41, 5.74) is 0.394. The van der Waals surface area contributed by atoms with Crippen LogP contribution >= 0.6 is 11.6 Å². The Balaban J connectivity index is 0.00000256. The summed E-state index contributed by atoms with van der Waals surface area (Å²) in [6.45, 7) is 1.50. The summed E-state index contributed by atoms with van der Waals surface area (Å²) in [6, 6.07) is 6.94. The Morgan fingerprint density at radius 3 is 2.03 bits per heavy atom. The van der Waals surface area contributed by atoms with Crippen LogP contribution in [0.15, 0.2) is 67.6 Å². The molecule has 1 amide bonds. The van der Waals surface area contributed by atoms with Crippen molar-refractivity contribution in [2.24, 2.45) is 15.3 Å². The van der Waals surface area contributed by atoms with Gasteiger partial charge in [-0.2, -0.15) is 37.2 Å². The van der Waals surface area contributed by atoms with Crippen molar-refractivity contribution in [2.75, 3.05) is 5.01 Å². The molecule has 162 valence electrons. The Hall–Kier alpha value is -0.710. The molecule has 1 aliphatic heterocycles. The van der Waals surface area contributed by atoms with Crippen LogP contribution in [0.5, 0.6) is 0 Å². The van der Waals surface area contributed by atoms with E-state index in [4.69, 9.17) is 16.2 Å². The van der Waals surface area contributed by atoms with Gasteiger partial charge in [0, 0.05) is 0 Å². The van der Waals surface area contributed by atoms with Crippen molar-refractivity contribution < 1.29 is 30.7 Å². The van der Waals surface area contributed by atoms with Crippen LogP contribution in [0.4, 0.5) is 11.4 Å². The summed E-state index contributed by atoms with van der Waals surface area (Å²) in [5, 5.41) is 12.7. The number of hydrazone groups is 1. The maximum absolute atomic E-state index is 12.7. The number of benzene rings is 2. The number of nitrogens with zero attached hydrogens (tertiary/aromatic N) is 4. The first kappa shape index (κ1) is 29.3. The van der Waals surface area contributed by atoms with E-state index in [-0.39, 0.29) is 86.1 Å². The quantitative estimate of drug-likeness (QED) is 0.341. The second kappa shape index (κ2) is 11.1. The molecule has 0 fully saturated rings. The molecule has 1 heterocycles. The van der Waals surface area contributed by atoms with Crippen LogP contribution in [0.3, 0.4) is 0 Å². The van der Waals surface area contributed by atoms with Gasteiger partial charge in [-0.1, -0.05) is 11.6 Å². The molecular formula is C16H15ClN4Na2O7S2. The van der Waals surface area contributed by atoms with E-state index in [2.05, 4.69) is 15.3 Å². The number of carbonyl (C=O) groups is 1. The number of hydrogen-bond acceptors (Lipinski definition) is 8. The fourth-order valence-corrected chi connectivity index (χ4v) is 3.66. The number of halogens is 1. The van der Waals surface area contributed by atoms with Crippen LogP contribution in [-0.2, 0) is 25.0 Å². The summed E-state index contributed by atoms with van der Waals surface area (Å²) in [6.07, 6.45) is 0. The molecule has 2 aromatic rings. The van der Waals surface area contributed by atoms with Gasteiger partial charge in [-0.3, -0.25) is 13.9 Å². The maximum atomic E-state index is 12.7. The minimum absolute atomic E-state index is 0. The molecule has 0 aliphatic carbocycles. The Labute approximate surface area is 233 Å². The van der Waals surface area contributed by atoms with E-state index in [1.54, 1.807) is 0 Å². The van der Waals surface area contributed by atoms with Crippen molar-refractivity contribution in [1.82, 2.24) is 0 Å². The Kier molecular flexibility index (Phi) is 10.2. The van der Waals surface area contributed by atoms with Crippen molar-refractivity contribution >= 4 is 114 Å². The van der Waals surface area contributed by atoms with Crippen LogP contribution in [0.25, 0.3) is 0 Å². The Morgan fingerprint density at radius 2 is 1.50 bits per heavy atom. The normalized spacial score (nSPS) is 16.5. The van der Waals surface area contributed by atoms with Crippen molar-refractivity contribution in [3.8, 4) is 0 Å². The third-order valence-electron chi connectivity index (χ3n) is 3.96. The van der Waals surface area contributed by atoms with E-state index >= 15 is 0 Å². The molecule has 0 spiro atoms. The number of azo groups is 1. The first-order valence-electron chi connectivity index (χ1n) is 8.02. The molecule has 0 saturated carbocycles. The third-order valence-corrected chi connectivity index (χ3v) is 6.00. The van der Waals surface area contributed by atoms with Gasteiger partial charge in [0.15, 0.2) is 6.04 Å². The van der Waals surface area contributed by atoms with Gasteiger partial charge >= 0.3 is 59.1 Å². The Morgan fingerprint density at radius 1 is 0.969 bits per heavy atom. The molecule has 2 aromatic carbocycles. The topological polar surface area (TPSA) is 166 Å². The predicted molar refractivity (Wildman–Crippen MR) is 121 cm³/mol. The van der Waals surface area contributed by atoms with E-state index in [9.17, 15) is 26.2 Å². The average molecular weight is 521 g/mol. The van der Waals surface area contributed by atoms with E-state index in [1.165, 1.54) is 25.1 Å². The molecule has 16 heteroatoms. The molecule has 2 N–H and O–H groups in total. The second-order valence-corrected chi connectivity index (χ2v) is 9.32.